The van der Waals surface area contributed by atoms with Gasteiger partial charge in [-0.05, 0) is 88.5 Å². The van der Waals surface area contributed by atoms with Crippen molar-refractivity contribution in [3.8, 4) is 0 Å². The zero-order valence-electron chi connectivity index (χ0n) is 17.2. The lowest BCUT2D eigenvalue weighted by molar-refractivity contribution is 0.207. The van der Waals surface area contributed by atoms with Crippen LogP contribution in [0.25, 0.3) is 0 Å². The molecule has 2 nitrogen and oxygen atoms in total. The normalized spacial score (nSPS) is 34.9. The van der Waals surface area contributed by atoms with E-state index < -0.39 is 0 Å². The third-order valence-electron chi connectivity index (χ3n) is 7.61. The van der Waals surface area contributed by atoms with Gasteiger partial charge >= 0.3 is 0 Å². The quantitative estimate of drug-likeness (QED) is 0.422. The fourth-order valence-corrected chi connectivity index (χ4v) is 7.13. The van der Waals surface area contributed by atoms with E-state index in [1.54, 1.807) is 11.3 Å². The molecule has 0 aromatic heterocycles. The van der Waals surface area contributed by atoms with E-state index >= 15 is 0 Å². The van der Waals surface area contributed by atoms with E-state index in [-0.39, 0.29) is 0 Å². The minimum absolute atomic E-state index is 0.723. The molecule has 1 saturated heterocycles. The lowest BCUT2D eigenvalue weighted by atomic mass is 9.82. The molecule has 0 bridgehead atoms. The minimum atomic E-state index is 0.723. The predicted octanol–water partition coefficient (Wildman–Crippen LogP) is 6.50. The Kier molecular flexibility index (Phi) is 5.90. The van der Waals surface area contributed by atoms with E-state index in [0.717, 1.165) is 23.9 Å². The van der Waals surface area contributed by atoms with Gasteiger partial charge in [0.25, 0.3) is 0 Å². The Morgan fingerprint density at radius 1 is 0.929 bits per heavy atom. The van der Waals surface area contributed by atoms with Gasteiger partial charge < -0.3 is 9.62 Å². The number of hydrogen-bond donors (Lipinski definition) is 1. The summed E-state index contributed by atoms with van der Waals surface area (Å²) >= 11 is 1.96. The second kappa shape index (κ2) is 8.73. The first kappa shape index (κ1) is 18.9. The number of allylic oxidation sites excluding steroid dienone is 6. The molecular formula is C25H36N2S. The lowest BCUT2D eigenvalue weighted by Gasteiger charge is -2.38. The molecule has 0 aromatic rings. The Morgan fingerprint density at radius 3 is 2.71 bits per heavy atom. The fourth-order valence-electron chi connectivity index (χ4n) is 6.13. The molecule has 0 spiro atoms. The smallest absolute Gasteiger partial charge is 0.0506 e. The van der Waals surface area contributed by atoms with Crippen molar-refractivity contribution >= 4 is 11.9 Å². The Bertz CT molecular complexity index is 689. The topological polar surface area (TPSA) is 15.3 Å². The number of rotatable bonds is 5. The highest BCUT2D eigenvalue weighted by molar-refractivity contribution is 7.97. The average molecular weight is 397 g/mol. The molecule has 4 unspecified atom stereocenters. The van der Waals surface area contributed by atoms with Crippen LogP contribution in [0.2, 0.25) is 0 Å². The maximum Gasteiger partial charge on any atom is 0.0506 e. The average Bonchev–Trinajstić information content (AvgIpc) is 3.10. The molecule has 1 aliphatic heterocycles. The van der Waals surface area contributed by atoms with Crippen molar-refractivity contribution in [2.75, 3.05) is 5.75 Å². The molecule has 1 heterocycles. The SMILES string of the molecule is C1=CCC2C(C1)C1=CCCCC1N2C1=CCC(CSNC2=CCCCC2)CC1. The van der Waals surface area contributed by atoms with Crippen LogP contribution in [0.5, 0.6) is 0 Å². The van der Waals surface area contributed by atoms with Crippen molar-refractivity contribution in [3.63, 3.8) is 0 Å². The highest BCUT2D eigenvalue weighted by Gasteiger charge is 2.45. The van der Waals surface area contributed by atoms with Crippen LogP contribution in [0.3, 0.4) is 0 Å². The molecule has 1 N–H and O–H groups in total. The van der Waals surface area contributed by atoms with Gasteiger partial charge in [-0.25, -0.2) is 0 Å². The molecule has 4 aliphatic carbocycles. The Morgan fingerprint density at radius 2 is 1.86 bits per heavy atom. The van der Waals surface area contributed by atoms with Gasteiger partial charge in [0.15, 0.2) is 0 Å². The molecule has 5 rings (SSSR count). The maximum atomic E-state index is 3.64. The number of likely N-dealkylation sites (tertiary alicyclic amines) is 1. The van der Waals surface area contributed by atoms with Crippen LogP contribution in [-0.4, -0.2) is 22.7 Å². The van der Waals surface area contributed by atoms with E-state index in [1.807, 2.05) is 11.9 Å². The van der Waals surface area contributed by atoms with E-state index in [1.165, 1.54) is 88.5 Å². The third kappa shape index (κ3) is 3.84. The highest BCUT2D eigenvalue weighted by atomic mass is 32.2. The summed E-state index contributed by atoms with van der Waals surface area (Å²) in [6.07, 6.45) is 28.3. The number of fused-ring (bicyclic) bond motifs is 3. The second-order valence-corrected chi connectivity index (χ2v) is 10.2. The van der Waals surface area contributed by atoms with Crippen LogP contribution in [-0.2, 0) is 0 Å². The summed E-state index contributed by atoms with van der Waals surface area (Å²) in [5.41, 5.74) is 4.96. The maximum absolute atomic E-state index is 3.64. The number of hydrogen-bond acceptors (Lipinski definition) is 3. The monoisotopic (exact) mass is 396 g/mol. The lowest BCUT2D eigenvalue weighted by Crippen LogP contribution is -2.38. The molecule has 0 radical (unpaired) electrons. The summed E-state index contributed by atoms with van der Waals surface area (Å²) in [5.74, 6) is 2.90. The molecule has 0 aromatic carbocycles. The fraction of sp³-hybridized carbons (Fsp3) is 0.680. The molecule has 0 amide bonds. The first-order valence-electron chi connectivity index (χ1n) is 11.8. The molecule has 5 aliphatic rings. The van der Waals surface area contributed by atoms with E-state index in [9.17, 15) is 0 Å². The second-order valence-electron chi connectivity index (χ2n) is 9.40. The molecule has 3 heteroatoms. The third-order valence-corrected chi connectivity index (χ3v) is 8.65. The Hall–Kier alpha value is -1.09. The van der Waals surface area contributed by atoms with E-state index in [4.69, 9.17) is 0 Å². The molecule has 152 valence electrons. The Labute approximate surface area is 175 Å². The van der Waals surface area contributed by atoms with Crippen molar-refractivity contribution in [3.05, 3.63) is 47.3 Å². The van der Waals surface area contributed by atoms with Crippen LogP contribution in [0, 0.1) is 11.8 Å². The number of nitrogens with one attached hydrogen (secondary N) is 1. The summed E-state index contributed by atoms with van der Waals surface area (Å²) in [5, 5.41) is 0. The van der Waals surface area contributed by atoms with Crippen molar-refractivity contribution in [2.45, 2.75) is 89.1 Å². The van der Waals surface area contributed by atoms with Crippen LogP contribution < -0.4 is 4.72 Å². The van der Waals surface area contributed by atoms with Crippen molar-refractivity contribution in [1.29, 1.82) is 0 Å². The van der Waals surface area contributed by atoms with Crippen LogP contribution in [0.4, 0.5) is 0 Å². The van der Waals surface area contributed by atoms with E-state index in [0.29, 0.717) is 0 Å². The predicted molar refractivity (Wildman–Crippen MR) is 121 cm³/mol. The van der Waals surface area contributed by atoms with Gasteiger partial charge in [0, 0.05) is 29.1 Å². The highest BCUT2D eigenvalue weighted by Crippen LogP contribution is 2.48. The van der Waals surface area contributed by atoms with Crippen LogP contribution in [0.15, 0.2) is 47.3 Å². The largest absolute Gasteiger partial charge is 0.364 e. The first-order chi connectivity index (χ1) is 13.9. The van der Waals surface area contributed by atoms with Crippen molar-refractivity contribution < 1.29 is 0 Å². The molecule has 4 atom stereocenters. The molecule has 1 fully saturated rings. The van der Waals surface area contributed by atoms with Gasteiger partial charge in [0.2, 0.25) is 0 Å². The van der Waals surface area contributed by atoms with Crippen LogP contribution in [0.1, 0.15) is 77.0 Å². The van der Waals surface area contributed by atoms with Gasteiger partial charge in [-0.2, -0.15) is 0 Å². The zero-order chi connectivity index (χ0) is 18.8. The number of nitrogens with zero attached hydrogens (tertiary/aromatic N) is 1. The van der Waals surface area contributed by atoms with Crippen LogP contribution >= 0.6 is 11.9 Å². The van der Waals surface area contributed by atoms with Gasteiger partial charge in [-0.15, -0.1) is 0 Å². The summed E-state index contributed by atoms with van der Waals surface area (Å²) in [6, 6.07) is 1.47. The van der Waals surface area contributed by atoms with Gasteiger partial charge in [0.1, 0.15) is 0 Å². The summed E-state index contributed by atoms with van der Waals surface area (Å²) < 4.78 is 3.64. The summed E-state index contributed by atoms with van der Waals surface area (Å²) in [6.45, 7) is 0. The van der Waals surface area contributed by atoms with E-state index in [2.05, 4.69) is 40.0 Å². The standard InChI is InChI=1S/C25H36N2S/c1-2-8-20(9-3-1)26-28-18-19-14-16-21(17-15-19)27-24-12-6-4-10-22(24)23-11-5-7-13-25(23)27/h4,6,8,11,16,19,22,24-26H,1-3,5,7,9-10,12-15,17-18H2. The molecular weight excluding hydrogens is 360 g/mol. The van der Waals surface area contributed by atoms with Gasteiger partial charge in [-0.1, -0.05) is 42.3 Å². The van der Waals surface area contributed by atoms with Crippen molar-refractivity contribution in [2.24, 2.45) is 11.8 Å². The van der Waals surface area contributed by atoms with Gasteiger partial charge in [0.05, 0.1) is 6.04 Å². The molecule has 0 saturated carbocycles. The summed E-state index contributed by atoms with van der Waals surface area (Å²) in [4.78, 5) is 2.90. The molecule has 28 heavy (non-hydrogen) atoms. The van der Waals surface area contributed by atoms with Gasteiger partial charge in [-0.3, -0.25) is 0 Å². The first-order valence-corrected chi connectivity index (χ1v) is 12.8. The minimum Gasteiger partial charge on any atom is -0.364 e. The van der Waals surface area contributed by atoms with Crippen molar-refractivity contribution in [1.82, 2.24) is 9.62 Å². The zero-order valence-corrected chi connectivity index (χ0v) is 18.1. The Balaban J connectivity index is 1.20. The summed E-state index contributed by atoms with van der Waals surface area (Å²) in [7, 11) is 0.